The minimum atomic E-state index is -4.47. The summed E-state index contributed by atoms with van der Waals surface area (Å²) < 4.78 is 77.8. The lowest BCUT2D eigenvalue weighted by Gasteiger charge is -2.39. The fraction of sp³-hybridized carbons (Fsp3) is 0.452. The van der Waals surface area contributed by atoms with Crippen LogP contribution in [0.1, 0.15) is 31.4 Å². The maximum absolute atomic E-state index is 13.7. The molecular weight excluding hydrogens is 597 g/mol. The summed E-state index contributed by atoms with van der Waals surface area (Å²) in [5, 5.41) is 4.23. The molecule has 0 bridgehead atoms. The summed E-state index contributed by atoms with van der Waals surface area (Å²) in [6.07, 6.45) is 0.612. The van der Waals surface area contributed by atoms with Crippen molar-refractivity contribution in [2.45, 2.75) is 61.9 Å². The van der Waals surface area contributed by atoms with Crippen LogP contribution in [0, 0.1) is 11.8 Å². The predicted octanol–water partition coefficient (Wildman–Crippen LogP) is 4.62. The van der Waals surface area contributed by atoms with Gasteiger partial charge in [0, 0.05) is 48.6 Å². The molecule has 1 saturated carbocycles. The van der Waals surface area contributed by atoms with E-state index in [-0.39, 0.29) is 28.8 Å². The maximum Gasteiger partial charge on any atom is 0.420 e. The molecule has 4 aromatic rings. The number of hydrogen-bond donors (Lipinski definition) is 1. The van der Waals surface area contributed by atoms with Crippen molar-refractivity contribution in [1.29, 1.82) is 0 Å². The van der Waals surface area contributed by atoms with Crippen LogP contribution in [0.15, 0.2) is 56.6 Å². The van der Waals surface area contributed by atoms with E-state index in [1.54, 1.807) is 18.2 Å². The molecule has 9 nitrogen and oxygen atoms in total. The van der Waals surface area contributed by atoms with Gasteiger partial charge < -0.3 is 19.0 Å². The molecule has 2 aliphatic rings. The second kappa shape index (κ2) is 12.0. The first-order valence-electron chi connectivity index (χ1n) is 14.6. The molecule has 0 unspecified atom stereocenters. The SMILES string of the molecule is CS(=O)(=O)c1ccc2c(c1)oc(=O)n2CC#Cc1cc2c(NC3CCC(N4CCOCC4)CC3)cccc2n1CC(F)(F)F. The number of halogens is 3. The summed E-state index contributed by atoms with van der Waals surface area (Å²) >= 11 is 0. The van der Waals surface area contributed by atoms with Crippen LogP contribution in [0.3, 0.4) is 0 Å². The lowest BCUT2D eigenvalue weighted by atomic mass is 9.89. The fourth-order valence-electron chi connectivity index (χ4n) is 6.25. The van der Waals surface area contributed by atoms with Crippen LogP contribution >= 0.6 is 0 Å². The largest absolute Gasteiger partial charge is 0.420 e. The van der Waals surface area contributed by atoms with Crippen LogP contribution in [0.4, 0.5) is 18.9 Å². The zero-order valence-corrected chi connectivity index (χ0v) is 25.0. The van der Waals surface area contributed by atoms with Gasteiger partial charge in [-0.2, -0.15) is 13.2 Å². The highest BCUT2D eigenvalue weighted by Gasteiger charge is 2.31. The highest BCUT2D eigenvalue weighted by atomic mass is 32.2. The summed E-state index contributed by atoms with van der Waals surface area (Å²) in [5.74, 6) is 4.91. The summed E-state index contributed by atoms with van der Waals surface area (Å²) in [7, 11) is -3.51. The maximum atomic E-state index is 13.7. The van der Waals surface area contributed by atoms with E-state index in [9.17, 15) is 26.4 Å². The number of anilines is 1. The Morgan fingerprint density at radius 1 is 1.00 bits per heavy atom. The number of alkyl halides is 3. The van der Waals surface area contributed by atoms with Gasteiger partial charge in [-0.15, -0.1) is 0 Å². The Hall–Kier alpha value is -3.73. The van der Waals surface area contributed by atoms with E-state index in [0.29, 0.717) is 22.5 Å². The Balaban J connectivity index is 1.25. The van der Waals surface area contributed by atoms with Gasteiger partial charge in [0.05, 0.1) is 41.4 Å². The van der Waals surface area contributed by atoms with Crippen LogP contribution in [-0.2, 0) is 27.7 Å². The summed E-state index contributed by atoms with van der Waals surface area (Å²) in [4.78, 5) is 15.0. The number of rotatable bonds is 6. The van der Waals surface area contributed by atoms with Gasteiger partial charge in [-0.25, -0.2) is 13.2 Å². The molecule has 2 aromatic carbocycles. The third-order valence-electron chi connectivity index (χ3n) is 8.42. The Kier molecular flexibility index (Phi) is 8.26. The standard InChI is InChI=1S/C31H33F3N4O5S/c1-44(40,41)24-11-12-28-29(19-24)43-30(39)37(28)13-3-4-23-18-25-26(5-2-6-27(25)38(23)20-31(32,33)34)35-21-7-9-22(10-8-21)36-14-16-42-17-15-36/h2,5-6,11-12,18-19,21-22,35H,7-10,13-17,20H2,1H3. The predicted molar refractivity (Wildman–Crippen MR) is 161 cm³/mol. The molecular formula is C31H33F3N4O5S. The molecule has 2 fully saturated rings. The smallest absolute Gasteiger partial charge is 0.408 e. The third-order valence-corrected chi connectivity index (χ3v) is 9.53. The average molecular weight is 631 g/mol. The van der Waals surface area contributed by atoms with Gasteiger partial charge in [-0.3, -0.25) is 9.47 Å². The Morgan fingerprint density at radius 2 is 1.75 bits per heavy atom. The number of aromatic nitrogens is 2. The summed E-state index contributed by atoms with van der Waals surface area (Å²) in [6.45, 7) is 2.07. The first kappa shape index (κ1) is 30.3. The van der Waals surface area contributed by atoms with Crippen molar-refractivity contribution in [2.75, 3.05) is 37.9 Å². The molecule has 1 N–H and O–H groups in total. The van der Waals surface area contributed by atoms with Gasteiger partial charge in [0.2, 0.25) is 0 Å². The molecule has 2 aromatic heterocycles. The number of oxazole rings is 1. The Morgan fingerprint density at radius 3 is 2.45 bits per heavy atom. The highest BCUT2D eigenvalue weighted by Crippen LogP contribution is 2.33. The van der Waals surface area contributed by atoms with Crippen molar-refractivity contribution in [3.05, 3.63) is 58.7 Å². The number of sulfone groups is 1. The van der Waals surface area contributed by atoms with E-state index in [1.807, 2.05) is 6.07 Å². The lowest BCUT2D eigenvalue weighted by molar-refractivity contribution is -0.140. The number of ether oxygens (including phenoxy) is 1. The molecule has 1 aliphatic carbocycles. The van der Waals surface area contributed by atoms with Crippen LogP contribution in [0.2, 0.25) is 0 Å². The van der Waals surface area contributed by atoms with Gasteiger partial charge in [-0.05, 0) is 61.9 Å². The highest BCUT2D eigenvalue weighted by molar-refractivity contribution is 7.90. The molecule has 3 heterocycles. The quantitative estimate of drug-likeness (QED) is 0.311. The zero-order valence-electron chi connectivity index (χ0n) is 24.2. The number of morpholine rings is 1. The molecule has 44 heavy (non-hydrogen) atoms. The molecule has 0 radical (unpaired) electrons. The van der Waals surface area contributed by atoms with Crippen molar-refractivity contribution in [3.63, 3.8) is 0 Å². The van der Waals surface area contributed by atoms with Crippen LogP contribution < -0.4 is 11.1 Å². The first-order valence-corrected chi connectivity index (χ1v) is 16.4. The minimum Gasteiger partial charge on any atom is -0.408 e. The third kappa shape index (κ3) is 6.52. The lowest BCUT2D eigenvalue weighted by Crippen LogP contribution is -2.46. The number of nitrogens with one attached hydrogen (secondary N) is 1. The van der Waals surface area contributed by atoms with Crippen molar-refractivity contribution in [2.24, 2.45) is 0 Å². The zero-order chi connectivity index (χ0) is 31.1. The van der Waals surface area contributed by atoms with E-state index in [2.05, 4.69) is 22.1 Å². The average Bonchev–Trinajstić information content (AvgIpc) is 3.49. The molecule has 6 rings (SSSR count). The van der Waals surface area contributed by atoms with Crippen molar-refractivity contribution < 1.29 is 30.7 Å². The van der Waals surface area contributed by atoms with Crippen molar-refractivity contribution >= 4 is 37.5 Å². The van der Waals surface area contributed by atoms with Crippen molar-refractivity contribution in [1.82, 2.24) is 14.0 Å². The van der Waals surface area contributed by atoms with Crippen LogP contribution in [0.25, 0.3) is 22.0 Å². The first-order chi connectivity index (χ1) is 21.0. The van der Waals surface area contributed by atoms with E-state index in [1.165, 1.54) is 22.8 Å². The van der Waals surface area contributed by atoms with E-state index < -0.39 is 28.3 Å². The Labute approximate surface area is 252 Å². The molecule has 13 heteroatoms. The van der Waals surface area contributed by atoms with Gasteiger partial charge in [-0.1, -0.05) is 12.0 Å². The molecule has 1 saturated heterocycles. The van der Waals surface area contributed by atoms with E-state index in [0.717, 1.165) is 68.5 Å². The normalized spacial score (nSPS) is 20.1. The summed E-state index contributed by atoms with van der Waals surface area (Å²) in [5.41, 5.74) is 1.77. The van der Waals surface area contributed by atoms with E-state index >= 15 is 0 Å². The molecule has 0 amide bonds. The van der Waals surface area contributed by atoms with Gasteiger partial charge in [0.15, 0.2) is 15.4 Å². The van der Waals surface area contributed by atoms with Crippen LogP contribution in [-0.4, -0.2) is 73.3 Å². The number of hydrogen-bond acceptors (Lipinski definition) is 7. The molecule has 1 aliphatic heterocycles. The number of fused-ring (bicyclic) bond motifs is 2. The molecule has 0 atom stereocenters. The van der Waals surface area contributed by atoms with Crippen molar-refractivity contribution in [3.8, 4) is 11.8 Å². The fourth-order valence-corrected chi connectivity index (χ4v) is 6.88. The van der Waals surface area contributed by atoms with Gasteiger partial charge in [0.1, 0.15) is 6.54 Å². The Bertz CT molecular complexity index is 1900. The van der Waals surface area contributed by atoms with Crippen LogP contribution in [0.5, 0.6) is 0 Å². The van der Waals surface area contributed by atoms with Gasteiger partial charge in [0.25, 0.3) is 0 Å². The monoisotopic (exact) mass is 630 g/mol. The summed E-state index contributed by atoms with van der Waals surface area (Å²) in [6, 6.07) is 11.8. The second-order valence-corrected chi connectivity index (χ2v) is 13.4. The molecule has 0 spiro atoms. The second-order valence-electron chi connectivity index (χ2n) is 11.4. The topological polar surface area (TPSA) is 98.7 Å². The number of benzene rings is 2. The minimum absolute atomic E-state index is 0.00297. The molecule has 234 valence electrons. The van der Waals surface area contributed by atoms with Gasteiger partial charge >= 0.3 is 11.9 Å². The van der Waals surface area contributed by atoms with E-state index in [4.69, 9.17) is 9.15 Å². The number of nitrogens with zero attached hydrogens (tertiary/aromatic N) is 3.